The van der Waals surface area contributed by atoms with Crippen molar-refractivity contribution in [3.63, 3.8) is 0 Å². The van der Waals surface area contributed by atoms with Crippen LogP contribution in [0.4, 0.5) is 17.1 Å². The summed E-state index contributed by atoms with van der Waals surface area (Å²) in [6, 6.07) is 67.0. The molecular weight excluding hydrogens is 583 g/mol. The molecule has 48 heavy (non-hydrogen) atoms. The van der Waals surface area contributed by atoms with Crippen LogP contribution in [0.5, 0.6) is 0 Å². The summed E-state index contributed by atoms with van der Waals surface area (Å²) in [7, 11) is 0. The SMILES string of the molecule is c1ccc(-c2ccccc2N(c2ccc3cc(-c4cccc(-c5cc6ccccc6o5)c4)ccc3c2)c2cccc3ccccc23)cc1. The Morgan fingerprint density at radius 1 is 0.354 bits per heavy atom. The number of fused-ring (bicyclic) bond motifs is 3. The Hall–Kier alpha value is -6.38. The molecule has 0 radical (unpaired) electrons. The number of nitrogens with zero attached hydrogens (tertiary/aromatic N) is 1. The Kier molecular flexibility index (Phi) is 6.84. The highest BCUT2D eigenvalue weighted by atomic mass is 16.3. The fraction of sp³-hybridized carbons (Fsp3) is 0. The Balaban J connectivity index is 1.16. The van der Waals surface area contributed by atoms with E-state index in [2.05, 4.69) is 175 Å². The highest BCUT2D eigenvalue weighted by Gasteiger charge is 2.19. The number of rotatable bonds is 6. The van der Waals surface area contributed by atoms with Crippen LogP contribution in [0.1, 0.15) is 0 Å². The minimum Gasteiger partial charge on any atom is -0.456 e. The fourth-order valence-corrected chi connectivity index (χ4v) is 6.87. The van der Waals surface area contributed by atoms with E-state index in [1.165, 1.54) is 38.2 Å². The minimum absolute atomic E-state index is 0.882. The molecule has 0 bridgehead atoms. The molecule has 0 fully saturated rings. The lowest BCUT2D eigenvalue weighted by molar-refractivity contribution is 0.631. The molecule has 0 aliphatic carbocycles. The normalized spacial score (nSPS) is 11.3. The lowest BCUT2D eigenvalue weighted by Gasteiger charge is -2.29. The first-order valence-electron chi connectivity index (χ1n) is 16.3. The number of anilines is 3. The summed E-state index contributed by atoms with van der Waals surface area (Å²) in [6.45, 7) is 0. The Morgan fingerprint density at radius 2 is 1.00 bits per heavy atom. The van der Waals surface area contributed by atoms with Gasteiger partial charge in [0.25, 0.3) is 0 Å². The molecule has 0 unspecified atom stereocenters. The monoisotopic (exact) mass is 613 g/mol. The molecule has 1 heterocycles. The third kappa shape index (κ3) is 5.01. The maximum Gasteiger partial charge on any atom is 0.135 e. The van der Waals surface area contributed by atoms with Crippen molar-refractivity contribution in [2.24, 2.45) is 0 Å². The number of furan rings is 1. The highest BCUT2D eigenvalue weighted by molar-refractivity contribution is 6.02. The minimum atomic E-state index is 0.882. The summed E-state index contributed by atoms with van der Waals surface area (Å²) < 4.78 is 6.18. The molecule has 2 heteroatoms. The Morgan fingerprint density at radius 3 is 1.92 bits per heavy atom. The van der Waals surface area contributed by atoms with E-state index in [0.717, 1.165) is 44.9 Å². The van der Waals surface area contributed by atoms with Crippen molar-refractivity contribution >= 4 is 49.6 Å². The summed E-state index contributed by atoms with van der Waals surface area (Å²) in [5.41, 5.74) is 10.1. The summed E-state index contributed by atoms with van der Waals surface area (Å²) in [6.07, 6.45) is 0. The molecule has 8 aromatic carbocycles. The predicted molar refractivity (Wildman–Crippen MR) is 202 cm³/mol. The van der Waals surface area contributed by atoms with Gasteiger partial charge < -0.3 is 9.32 Å². The smallest absolute Gasteiger partial charge is 0.135 e. The molecule has 0 amide bonds. The van der Waals surface area contributed by atoms with Crippen molar-refractivity contribution < 1.29 is 4.42 Å². The second kappa shape index (κ2) is 11.8. The molecule has 0 aliphatic rings. The molecule has 0 spiro atoms. The van der Waals surface area contributed by atoms with Gasteiger partial charge >= 0.3 is 0 Å². The predicted octanol–water partition coefficient (Wildman–Crippen LogP) is 13.2. The Bertz CT molecular complexity index is 2540. The number of benzene rings is 8. The lowest BCUT2D eigenvalue weighted by Crippen LogP contribution is -2.11. The van der Waals surface area contributed by atoms with Crippen molar-refractivity contribution in [1.82, 2.24) is 0 Å². The van der Waals surface area contributed by atoms with Gasteiger partial charge in [-0.1, -0.05) is 140 Å². The molecule has 0 saturated carbocycles. The summed E-state index contributed by atoms with van der Waals surface area (Å²) in [5.74, 6) is 0.882. The van der Waals surface area contributed by atoms with Crippen molar-refractivity contribution in [2.45, 2.75) is 0 Å². The zero-order valence-electron chi connectivity index (χ0n) is 26.3. The van der Waals surface area contributed by atoms with Crippen LogP contribution in [0.15, 0.2) is 192 Å². The topological polar surface area (TPSA) is 16.4 Å². The zero-order valence-corrected chi connectivity index (χ0v) is 26.3. The van der Waals surface area contributed by atoms with Crippen molar-refractivity contribution in [3.8, 4) is 33.6 Å². The first-order chi connectivity index (χ1) is 23.8. The maximum absolute atomic E-state index is 6.18. The zero-order chi connectivity index (χ0) is 31.9. The molecule has 226 valence electrons. The number of hydrogen-bond acceptors (Lipinski definition) is 2. The van der Waals surface area contributed by atoms with E-state index >= 15 is 0 Å². The van der Waals surface area contributed by atoms with Crippen LogP contribution in [-0.2, 0) is 0 Å². The molecule has 0 N–H and O–H groups in total. The highest BCUT2D eigenvalue weighted by Crippen LogP contribution is 2.44. The van der Waals surface area contributed by atoms with Crippen LogP contribution in [0.25, 0.3) is 66.1 Å². The quantitative estimate of drug-likeness (QED) is 0.185. The van der Waals surface area contributed by atoms with Crippen molar-refractivity contribution in [1.29, 1.82) is 0 Å². The first-order valence-corrected chi connectivity index (χ1v) is 16.3. The molecule has 0 aliphatic heterocycles. The van der Waals surface area contributed by atoms with Crippen LogP contribution < -0.4 is 4.90 Å². The summed E-state index contributed by atoms with van der Waals surface area (Å²) >= 11 is 0. The first kappa shape index (κ1) is 27.9. The summed E-state index contributed by atoms with van der Waals surface area (Å²) in [4.78, 5) is 2.41. The third-order valence-corrected chi connectivity index (χ3v) is 9.23. The van der Waals surface area contributed by atoms with E-state index < -0.39 is 0 Å². The van der Waals surface area contributed by atoms with Crippen LogP contribution in [-0.4, -0.2) is 0 Å². The third-order valence-electron chi connectivity index (χ3n) is 9.23. The molecular formula is C46H31NO. The largest absolute Gasteiger partial charge is 0.456 e. The molecule has 1 aromatic heterocycles. The second-order valence-electron chi connectivity index (χ2n) is 12.2. The van der Waals surface area contributed by atoms with Gasteiger partial charge in [-0.2, -0.15) is 0 Å². The van der Waals surface area contributed by atoms with E-state index in [4.69, 9.17) is 4.42 Å². The molecule has 0 saturated heterocycles. The maximum atomic E-state index is 6.18. The number of hydrogen-bond donors (Lipinski definition) is 0. The van der Waals surface area contributed by atoms with Gasteiger partial charge in [0.1, 0.15) is 11.3 Å². The molecule has 9 aromatic rings. The van der Waals surface area contributed by atoms with E-state index in [0.29, 0.717) is 0 Å². The van der Waals surface area contributed by atoms with Gasteiger partial charge in [-0.15, -0.1) is 0 Å². The standard InChI is InChI=1S/C46H31NO/c1-2-12-32(13-3-1)41-20-7-8-21-43(41)47(44-22-11-16-33-14-4-6-19-42(33)44)40-27-26-36-28-35(24-25-37(36)30-40)34-17-10-18-38(29-34)46-31-39-15-5-9-23-45(39)48-46/h1-31H. The average Bonchev–Trinajstić information content (AvgIpc) is 3.60. The van der Waals surface area contributed by atoms with Crippen LogP contribution in [0, 0.1) is 0 Å². The van der Waals surface area contributed by atoms with Crippen LogP contribution >= 0.6 is 0 Å². The average molecular weight is 614 g/mol. The molecule has 0 atom stereocenters. The lowest BCUT2D eigenvalue weighted by atomic mass is 9.98. The fourth-order valence-electron chi connectivity index (χ4n) is 6.87. The van der Waals surface area contributed by atoms with Gasteiger partial charge in [0.05, 0.1) is 11.4 Å². The van der Waals surface area contributed by atoms with Gasteiger partial charge in [0, 0.05) is 27.6 Å². The van der Waals surface area contributed by atoms with Crippen molar-refractivity contribution in [2.75, 3.05) is 4.90 Å². The molecule has 9 rings (SSSR count). The van der Waals surface area contributed by atoms with Gasteiger partial charge in [-0.05, 0) is 81.4 Å². The van der Waals surface area contributed by atoms with Crippen LogP contribution in [0.2, 0.25) is 0 Å². The van der Waals surface area contributed by atoms with Crippen LogP contribution in [0.3, 0.4) is 0 Å². The number of para-hydroxylation sites is 2. The van der Waals surface area contributed by atoms with E-state index in [9.17, 15) is 0 Å². The van der Waals surface area contributed by atoms with E-state index in [1.54, 1.807) is 0 Å². The Labute approximate surface area is 279 Å². The van der Waals surface area contributed by atoms with Gasteiger partial charge in [-0.3, -0.25) is 0 Å². The summed E-state index contributed by atoms with van der Waals surface area (Å²) in [5, 5.41) is 5.92. The molecule has 2 nitrogen and oxygen atoms in total. The van der Waals surface area contributed by atoms with Gasteiger partial charge in [-0.25, -0.2) is 0 Å². The van der Waals surface area contributed by atoms with Gasteiger partial charge in [0.2, 0.25) is 0 Å². The van der Waals surface area contributed by atoms with E-state index in [-0.39, 0.29) is 0 Å². The van der Waals surface area contributed by atoms with Gasteiger partial charge in [0.15, 0.2) is 0 Å². The van der Waals surface area contributed by atoms with Crippen molar-refractivity contribution in [3.05, 3.63) is 188 Å². The van der Waals surface area contributed by atoms with E-state index in [1.807, 2.05) is 18.2 Å². The second-order valence-corrected chi connectivity index (χ2v) is 12.2.